The summed E-state index contributed by atoms with van der Waals surface area (Å²) in [7, 11) is 1.76. The number of carbonyl (C=O) groups excluding carboxylic acids is 1. The molecule has 1 unspecified atom stereocenters. The quantitative estimate of drug-likeness (QED) is 0.567. The second-order valence-corrected chi connectivity index (χ2v) is 7.02. The van der Waals surface area contributed by atoms with Crippen molar-refractivity contribution in [3.8, 4) is 0 Å². The lowest BCUT2D eigenvalue weighted by Crippen LogP contribution is -2.29. The van der Waals surface area contributed by atoms with Crippen molar-refractivity contribution in [3.63, 3.8) is 0 Å². The molecule has 29 heavy (non-hydrogen) atoms. The van der Waals surface area contributed by atoms with Crippen molar-refractivity contribution in [2.45, 2.75) is 33.4 Å². The first-order valence-corrected chi connectivity index (χ1v) is 9.14. The molecule has 1 aromatic carbocycles. The van der Waals surface area contributed by atoms with Gasteiger partial charge in [0.25, 0.3) is 5.91 Å². The van der Waals surface area contributed by atoms with Crippen molar-refractivity contribution in [1.82, 2.24) is 29.6 Å². The topological polar surface area (TPSA) is 77.6 Å². The van der Waals surface area contributed by atoms with E-state index < -0.39 is 18.5 Å². The molecule has 1 N–H and O–H groups in total. The third kappa shape index (κ3) is 3.12. The number of pyridine rings is 1. The van der Waals surface area contributed by atoms with Crippen LogP contribution in [0.2, 0.25) is 0 Å². The minimum Gasteiger partial charge on any atom is -0.342 e. The number of fused-ring (bicyclic) bond motifs is 2. The number of benzene rings is 1. The van der Waals surface area contributed by atoms with E-state index in [0.29, 0.717) is 39.0 Å². The van der Waals surface area contributed by atoms with E-state index in [1.165, 1.54) is 0 Å². The van der Waals surface area contributed by atoms with Crippen molar-refractivity contribution in [1.29, 1.82) is 0 Å². The van der Waals surface area contributed by atoms with E-state index >= 15 is 0 Å². The Labute approximate surface area is 165 Å². The average molecular weight is 398 g/mol. The van der Waals surface area contributed by atoms with E-state index in [1.54, 1.807) is 62.8 Å². The van der Waals surface area contributed by atoms with Gasteiger partial charge in [0.2, 0.25) is 0 Å². The number of imidazole rings is 1. The molecule has 0 aliphatic heterocycles. The van der Waals surface area contributed by atoms with Crippen LogP contribution >= 0.6 is 0 Å². The summed E-state index contributed by atoms with van der Waals surface area (Å²) in [4.78, 5) is 21.8. The molecule has 3 aromatic heterocycles. The number of alkyl halides is 2. The lowest BCUT2D eigenvalue weighted by Gasteiger charge is -2.16. The predicted octanol–water partition coefficient (Wildman–Crippen LogP) is 3.82. The smallest absolute Gasteiger partial charge is 0.320 e. The first-order valence-electron chi connectivity index (χ1n) is 9.14. The summed E-state index contributed by atoms with van der Waals surface area (Å²) in [6.45, 7) is 2.46. The van der Waals surface area contributed by atoms with Crippen molar-refractivity contribution in [3.05, 3.63) is 53.1 Å². The summed E-state index contributed by atoms with van der Waals surface area (Å²) >= 11 is 0. The van der Waals surface area contributed by atoms with Crippen molar-refractivity contribution in [2.75, 3.05) is 0 Å². The maximum absolute atomic E-state index is 13.7. The van der Waals surface area contributed by atoms with Gasteiger partial charge in [-0.1, -0.05) is 12.1 Å². The van der Waals surface area contributed by atoms with Crippen LogP contribution in [0.15, 0.2) is 30.3 Å². The number of rotatable bonds is 4. The number of aromatic nitrogens is 5. The van der Waals surface area contributed by atoms with Gasteiger partial charge in [-0.05, 0) is 39.0 Å². The Morgan fingerprint density at radius 2 is 1.90 bits per heavy atom. The van der Waals surface area contributed by atoms with Crippen LogP contribution in [-0.4, -0.2) is 30.2 Å². The van der Waals surface area contributed by atoms with E-state index in [-0.39, 0.29) is 5.82 Å². The molecule has 0 spiro atoms. The van der Waals surface area contributed by atoms with E-state index in [2.05, 4.69) is 20.4 Å². The largest absolute Gasteiger partial charge is 0.342 e. The number of para-hydroxylation sites is 2. The third-order valence-electron chi connectivity index (χ3n) is 4.89. The second kappa shape index (κ2) is 6.91. The fraction of sp³-hybridized carbons (Fsp3) is 0.300. The highest BCUT2D eigenvalue weighted by molar-refractivity contribution is 6.06. The molecule has 3 heterocycles. The van der Waals surface area contributed by atoms with Crippen LogP contribution < -0.4 is 5.32 Å². The molecule has 9 heteroatoms. The molecular formula is C20H20F2N6O. The minimum absolute atomic E-state index is 0.0967. The van der Waals surface area contributed by atoms with Crippen LogP contribution in [0.5, 0.6) is 0 Å². The van der Waals surface area contributed by atoms with Crippen molar-refractivity contribution >= 4 is 28.0 Å². The standard InChI is InChI=1S/C20H20F2N6O/c1-10-9-13(16-11(2)26-27(4)18(16)23-10)19(29)24-12(3)17-25-14-7-5-6-8-15(14)28(17)20(21)22/h5-9,12,20H,1-4H3,(H,24,29). The molecule has 4 aromatic rings. The number of aryl methyl sites for hydroxylation is 3. The highest BCUT2D eigenvalue weighted by Gasteiger charge is 2.25. The number of carbonyl (C=O) groups is 1. The van der Waals surface area contributed by atoms with Gasteiger partial charge in [-0.3, -0.25) is 14.0 Å². The molecule has 0 aliphatic rings. The SMILES string of the molecule is Cc1cc(C(=O)NC(C)c2nc3ccccc3n2C(F)F)c2c(C)nn(C)c2n1. The van der Waals surface area contributed by atoms with E-state index in [0.717, 1.165) is 4.57 Å². The van der Waals surface area contributed by atoms with Gasteiger partial charge in [0.1, 0.15) is 5.82 Å². The summed E-state index contributed by atoms with van der Waals surface area (Å²) in [5.74, 6) is -0.295. The van der Waals surface area contributed by atoms with Gasteiger partial charge in [-0.2, -0.15) is 13.9 Å². The van der Waals surface area contributed by atoms with Crippen LogP contribution in [0.4, 0.5) is 8.78 Å². The number of hydrogen-bond acceptors (Lipinski definition) is 4. The number of hydrogen-bond donors (Lipinski definition) is 1. The van der Waals surface area contributed by atoms with Gasteiger partial charge >= 0.3 is 6.55 Å². The van der Waals surface area contributed by atoms with E-state index in [1.807, 2.05) is 0 Å². The van der Waals surface area contributed by atoms with E-state index in [9.17, 15) is 13.6 Å². The molecule has 0 bridgehead atoms. The lowest BCUT2D eigenvalue weighted by atomic mass is 10.1. The Morgan fingerprint density at radius 3 is 2.62 bits per heavy atom. The van der Waals surface area contributed by atoms with Crippen LogP contribution in [0.25, 0.3) is 22.1 Å². The van der Waals surface area contributed by atoms with Crippen LogP contribution in [0.1, 0.15) is 47.1 Å². The van der Waals surface area contributed by atoms with Gasteiger partial charge in [-0.25, -0.2) is 9.97 Å². The van der Waals surface area contributed by atoms with Gasteiger partial charge < -0.3 is 5.32 Å². The summed E-state index contributed by atoms with van der Waals surface area (Å²) < 4.78 is 29.9. The summed E-state index contributed by atoms with van der Waals surface area (Å²) in [6, 6.07) is 7.61. The summed E-state index contributed by atoms with van der Waals surface area (Å²) in [5, 5.41) is 7.78. The highest BCUT2D eigenvalue weighted by atomic mass is 19.3. The normalized spacial score (nSPS) is 12.8. The molecule has 1 atom stereocenters. The van der Waals surface area contributed by atoms with Gasteiger partial charge in [0.15, 0.2) is 5.65 Å². The molecule has 0 radical (unpaired) electrons. The molecule has 0 aliphatic carbocycles. The molecular weight excluding hydrogens is 378 g/mol. The van der Waals surface area contributed by atoms with Crippen LogP contribution in [0, 0.1) is 13.8 Å². The van der Waals surface area contributed by atoms with Crippen molar-refractivity contribution in [2.24, 2.45) is 7.05 Å². The summed E-state index contributed by atoms with van der Waals surface area (Å²) in [5.41, 5.74) is 3.12. The van der Waals surface area contributed by atoms with Crippen LogP contribution in [0.3, 0.4) is 0 Å². The lowest BCUT2D eigenvalue weighted by molar-refractivity contribution is 0.0688. The van der Waals surface area contributed by atoms with Gasteiger partial charge in [0, 0.05) is 12.7 Å². The molecule has 1 amide bonds. The Balaban J connectivity index is 1.74. The fourth-order valence-corrected chi connectivity index (χ4v) is 3.66. The number of nitrogens with zero attached hydrogens (tertiary/aromatic N) is 5. The average Bonchev–Trinajstić information content (AvgIpc) is 3.19. The van der Waals surface area contributed by atoms with Crippen molar-refractivity contribution < 1.29 is 13.6 Å². The molecule has 0 saturated carbocycles. The molecule has 7 nitrogen and oxygen atoms in total. The van der Waals surface area contributed by atoms with Gasteiger partial charge in [0.05, 0.1) is 33.7 Å². The fourth-order valence-electron chi connectivity index (χ4n) is 3.66. The minimum atomic E-state index is -2.77. The molecule has 0 fully saturated rings. The first kappa shape index (κ1) is 19.0. The number of nitrogens with one attached hydrogen (secondary N) is 1. The Bertz CT molecular complexity index is 1240. The monoisotopic (exact) mass is 398 g/mol. The molecule has 150 valence electrons. The number of halogens is 2. The second-order valence-electron chi connectivity index (χ2n) is 7.02. The van der Waals surface area contributed by atoms with Gasteiger partial charge in [-0.15, -0.1) is 0 Å². The third-order valence-corrected chi connectivity index (χ3v) is 4.89. The molecule has 0 saturated heterocycles. The van der Waals surface area contributed by atoms with Crippen LogP contribution in [-0.2, 0) is 7.05 Å². The summed E-state index contributed by atoms with van der Waals surface area (Å²) in [6.07, 6.45) is 0. The Hall–Kier alpha value is -3.36. The maximum Gasteiger partial charge on any atom is 0.320 e. The Kier molecular flexibility index (Phi) is 4.52. The predicted molar refractivity (Wildman–Crippen MR) is 105 cm³/mol. The van der Waals surface area contributed by atoms with E-state index in [4.69, 9.17) is 0 Å². The maximum atomic E-state index is 13.7. The highest BCUT2D eigenvalue weighted by Crippen LogP contribution is 2.27. The first-order chi connectivity index (χ1) is 13.8. The number of amides is 1. The zero-order valence-corrected chi connectivity index (χ0v) is 16.4. The molecule has 4 rings (SSSR count). The Morgan fingerprint density at radius 1 is 1.17 bits per heavy atom. The zero-order chi connectivity index (χ0) is 20.9. The zero-order valence-electron chi connectivity index (χ0n) is 16.4.